The third-order valence-electron chi connectivity index (χ3n) is 6.18. The van der Waals surface area contributed by atoms with Crippen molar-refractivity contribution in [2.24, 2.45) is 0 Å². The van der Waals surface area contributed by atoms with E-state index in [0.717, 1.165) is 40.0 Å². The molecule has 210 valence electrons. The Morgan fingerprint density at radius 2 is 1.88 bits per heavy atom. The van der Waals surface area contributed by atoms with Crippen LogP contribution in [-0.2, 0) is 22.2 Å². The molecule has 0 saturated heterocycles. The number of aryl methyl sites for hydroxylation is 1. The van der Waals surface area contributed by atoms with Crippen LogP contribution in [0.1, 0.15) is 42.4 Å². The van der Waals surface area contributed by atoms with E-state index in [2.05, 4.69) is 28.0 Å². The first kappa shape index (κ1) is 30.3. The number of fused-ring (bicyclic) bond motifs is 1. The van der Waals surface area contributed by atoms with Gasteiger partial charge < -0.3 is 20.1 Å². The third kappa shape index (κ3) is 7.91. The maximum atomic E-state index is 11.2. The number of pyridine rings is 1. The van der Waals surface area contributed by atoms with Crippen LogP contribution in [0.15, 0.2) is 61.1 Å². The standard InChI is InChI=1S/C30H31N3O5S.H2O/c1-4-6-23(17-29(34)35)22-7-9-26(10-8-22)38-19-25-16-24(18-33-30(25)31-20-32-33)28-12-11-27(15-21(28)2)37-13-5-14-39(3)36;/h7-12,15-16,18,20,23H,5,13-14,17,19H2,1-3H3,(H,34,35);1H2/t23-,39?;/m0./s1. The minimum atomic E-state index is -0.886. The van der Waals surface area contributed by atoms with Gasteiger partial charge in [0.25, 0.3) is 0 Å². The summed E-state index contributed by atoms with van der Waals surface area (Å²) < 4.78 is 24.9. The summed E-state index contributed by atoms with van der Waals surface area (Å²) in [6, 6.07) is 15.4. The predicted octanol–water partition coefficient (Wildman–Crippen LogP) is 4.19. The Labute approximate surface area is 235 Å². The van der Waals surface area contributed by atoms with Crippen molar-refractivity contribution in [2.75, 3.05) is 18.6 Å². The van der Waals surface area contributed by atoms with Crippen molar-refractivity contribution < 1.29 is 29.1 Å². The van der Waals surface area contributed by atoms with Gasteiger partial charge in [0.05, 0.1) is 18.9 Å². The fourth-order valence-corrected chi connectivity index (χ4v) is 4.83. The number of nitrogens with zero attached hydrogens (tertiary/aromatic N) is 3. The van der Waals surface area contributed by atoms with Crippen LogP contribution in [0.3, 0.4) is 0 Å². The van der Waals surface area contributed by atoms with Gasteiger partial charge in [-0.1, -0.05) is 24.1 Å². The van der Waals surface area contributed by atoms with Gasteiger partial charge in [-0.2, -0.15) is 5.10 Å². The van der Waals surface area contributed by atoms with E-state index in [0.29, 0.717) is 23.8 Å². The quantitative estimate of drug-likeness (QED) is 0.202. The fraction of sp³-hybridized carbons (Fsp3) is 0.300. The maximum Gasteiger partial charge on any atom is 0.304 e. The molecule has 2 aromatic carbocycles. The van der Waals surface area contributed by atoms with Crippen LogP contribution in [0.4, 0.5) is 0 Å². The molecule has 0 radical (unpaired) electrons. The smallest absolute Gasteiger partial charge is 0.304 e. The normalized spacial score (nSPS) is 12.1. The van der Waals surface area contributed by atoms with Crippen LogP contribution >= 0.6 is 0 Å². The molecule has 0 bridgehead atoms. The SMILES string of the molecule is CC#C[C@@H](CC(=O)O)c1ccc(OCc2cc(-c3ccc(OCCCS(C)=O)cc3C)cn3ncnc23)cc1.O. The number of hydrogen-bond donors (Lipinski definition) is 1. The Morgan fingerprint density at radius 3 is 2.55 bits per heavy atom. The van der Waals surface area contributed by atoms with Crippen molar-refractivity contribution in [3.05, 3.63) is 77.7 Å². The number of carbonyl (C=O) groups is 1. The largest absolute Gasteiger partial charge is 0.494 e. The van der Waals surface area contributed by atoms with Crippen molar-refractivity contribution >= 4 is 22.4 Å². The van der Waals surface area contributed by atoms with Crippen LogP contribution in [0.5, 0.6) is 11.5 Å². The Hall–Kier alpha value is -4.20. The Kier molecular flexibility index (Phi) is 10.8. The van der Waals surface area contributed by atoms with Crippen LogP contribution in [0, 0.1) is 18.8 Å². The zero-order valence-corrected chi connectivity index (χ0v) is 23.5. The molecule has 40 heavy (non-hydrogen) atoms. The molecule has 2 atom stereocenters. The lowest BCUT2D eigenvalue weighted by atomic mass is 9.96. The summed E-state index contributed by atoms with van der Waals surface area (Å²) in [6.45, 7) is 4.54. The summed E-state index contributed by atoms with van der Waals surface area (Å²) >= 11 is 0. The average Bonchev–Trinajstić information content (AvgIpc) is 3.38. The number of hydrogen-bond acceptors (Lipinski definition) is 6. The molecule has 0 aliphatic rings. The highest BCUT2D eigenvalue weighted by molar-refractivity contribution is 7.84. The topological polar surface area (TPSA) is 135 Å². The molecule has 0 aliphatic carbocycles. The summed E-state index contributed by atoms with van der Waals surface area (Å²) in [5.74, 6) is 6.59. The summed E-state index contributed by atoms with van der Waals surface area (Å²) in [5, 5.41) is 13.5. The number of aromatic nitrogens is 3. The van der Waals surface area contributed by atoms with E-state index in [1.54, 1.807) is 17.7 Å². The van der Waals surface area contributed by atoms with Crippen molar-refractivity contribution in [1.29, 1.82) is 0 Å². The fourth-order valence-electron chi connectivity index (χ4n) is 4.31. The monoisotopic (exact) mass is 563 g/mol. The molecule has 9 nitrogen and oxygen atoms in total. The van der Waals surface area contributed by atoms with Gasteiger partial charge in [-0.15, -0.1) is 5.92 Å². The average molecular weight is 564 g/mol. The van der Waals surface area contributed by atoms with Gasteiger partial charge in [-0.25, -0.2) is 9.50 Å². The Bertz CT molecular complexity index is 1540. The van der Waals surface area contributed by atoms with E-state index in [4.69, 9.17) is 9.47 Å². The van der Waals surface area contributed by atoms with Crippen LogP contribution in [0.25, 0.3) is 16.8 Å². The molecule has 2 aromatic heterocycles. The molecule has 0 spiro atoms. The molecule has 0 fully saturated rings. The van der Waals surface area contributed by atoms with Gasteiger partial charge in [-0.05, 0) is 67.3 Å². The molecule has 0 saturated carbocycles. The minimum absolute atomic E-state index is 0. The van der Waals surface area contributed by atoms with E-state index in [-0.39, 0.29) is 24.4 Å². The van der Waals surface area contributed by atoms with Crippen molar-refractivity contribution in [3.8, 4) is 34.5 Å². The number of ether oxygens (including phenoxy) is 2. The van der Waals surface area contributed by atoms with Gasteiger partial charge in [0.2, 0.25) is 0 Å². The lowest BCUT2D eigenvalue weighted by molar-refractivity contribution is -0.137. The second-order valence-electron chi connectivity index (χ2n) is 9.14. The number of carboxylic acid groups (broad SMARTS) is 1. The second kappa shape index (κ2) is 14.3. The van der Waals surface area contributed by atoms with E-state index in [1.807, 2.05) is 55.6 Å². The third-order valence-corrected chi connectivity index (χ3v) is 7.04. The highest BCUT2D eigenvalue weighted by Crippen LogP contribution is 2.29. The number of aliphatic carboxylic acids is 1. The lowest BCUT2D eigenvalue weighted by Gasteiger charge is -2.13. The molecular formula is C30H33N3O6S. The second-order valence-corrected chi connectivity index (χ2v) is 10.7. The number of carboxylic acids is 1. The molecule has 10 heteroatoms. The Balaban J connectivity index is 0.00000441. The minimum Gasteiger partial charge on any atom is -0.494 e. The molecule has 3 N–H and O–H groups in total. The highest BCUT2D eigenvalue weighted by atomic mass is 32.2. The summed E-state index contributed by atoms with van der Waals surface area (Å²) in [5.41, 5.74) is 5.50. The van der Waals surface area contributed by atoms with Crippen molar-refractivity contribution in [3.63, 3.8) is 0 Å². The predicted molar refractivity (Wildman–Crippen MR) is 155 cm³/mol. The molecule has 0 amide bonds. The summed E-state index contributed by atoms with van der Waals surface area (Å²) in [4.78, 5) is 15.6. The molecule has 1 unspecified atom stereocenters. The first-order valence-corrected chi connectivity index (χ1v) is 14.3. The van der Waals surface area contributed by atoms with Gasteiger partial charge in [0.15, 0.2) is 5.65 Å². The summed E-state index contributed by atoms with van der Waals surface area (Å²) in [6.07, 6.45) is 5.85. The van der Waals surface area contributed by atoms with Crippen LogP contribution < -0.4 is 9.47 Å². The van der Waals surface area contributed by atoms with Crippen LogP contribution in [0.2, 0.25) is 0 Å². The molecule has 2 heterocycles. The Morgan fingerprint density at radius 1 is 1.12 bits per heavy atom. The highest BCUT2D eigenvalue weighted by Gasteiger charge is 2.14. The van der Waals surface area contributed by atoms with Crippen molar-refractivity contribution in [2.45, 2.75) is 39.2 Å². The number of rotatable bonds is 12. The molecular weight excluding hydrogens is 530 g/mol. The zero-order chi connectivity index (χ0) is 27.8. The molecule has 0 aliphatic heterocycles. The lowest BCUT2D eigenvalue weighted by Crippen LogP contribution is -2.05. The van der Waals surface area contributed by atoms with E-state index < -0.39 is 16.8 Å². The van der Waals surface area contributed by atoms with Crippen molar-refractivity contribution in [1.82, 2.24) is 14.6 Å². The van der Waals surface area contributed by atoms with Crippen LogP contribution in [-0.4, -0.2) is 54.0 Å². The maximum absolute atomic E-state index is 11.2. The van der Waals surface area contributed by atoms with E-state index in [9.17, 15) is 14.1 Å². The zero-order valence-electron chi connectivity index (χ0n) is 22.7. The molecule has 4 rings (SSSR count). The summed E-state index contributed by atoms with van der Waals surface area (Å²) in [7, 11) is -0.815. The van der Waals surface area contributed by atoms with Gasteiger partial charge in [0, 0.05) is 40.1 Å². The van der Waals surface area contributed by atoms with Gasteiger partial charge >= 0.3 is 5.97 Å². The van der Waals surface area contributed by atoms with Gasteiger partial charge in [0.1, 0.15) is 24.4 Å². The number of benzene rings is 2. The first-order valence-electron chi connectivity index (χ1n) is 12.6. The first-order chi connectivity index (χ1) is 18.8. The van der Waals surface area contributed by atoms with E-state index >= 15 is 0 Å². The van der Waals surface area contributed by atoms with E-state index in [1.165, 1.54) is 6.33 Å². The van der Waals surface area contributed by atoms with Gasteiger partial charge in [-0.3, -0.25) is 9.00 Å². The molecule has 4 aromatic rings.